The molecule has 0 rings (SSSR count). The minimum atomic E-state index is 0. The number of halogens is 1. The van der Waals surface area contributed by atoms with Gasteiger partial charge in [0.25, 0.3) is 0 Å². The van der Waals surface area contributed by atoms with Crippen LogP contribution in [0.4, 0.5) is 0 Å². The lowest BCUT2D eigenvalue weighted by atomic mass is 10.5. The first-order chi connectivity index (χ1) is 3.31. The highest BCUT2D eigenvalue weighted by atomic mass is 35.5. The van der Waals surface area contributed by atoms with E-state index in [1.54, 1.807) is 0 Å². The largest absolute Gasteiger partial charge is 0.296 e. The van der Waals surface area contributed by atoms with E-state index >= 15 is 0 Å². The molecule has 0 unspecified atom stereocenters. The highest BCUT2D eigenvalue weighted by molar-refractivity contribution is 5.85. The van der Waals surface area contributed by atoms with E-state index in [9.17, 15) is 0 Å². The Labute approximate surface area is 57.5 Å². The Morgan fingerprint density at radius 2 is 2.12 bits per heavy atom. The SMILES string of the molecule is C#CCN(C)CC.Cl. The Morgan fingerprint density at radius 3 is 2.25 bits per heavy atom. The van der Waals surface area contributed by atoms with E-state index in [1.165, 1.54) is 0 Å². The highest BCUT2D eigenvalue weighted by Gasteiger charge is 1.84. The number of terminal acetylenes is 1. The number of rotatable bonds is 2. The number of nitrogens with zero attached hydrogens (tertiary/aromatic N) is 1. The molecule has 0 spiro atoms. The van der Waals surface area contributed by atoms with Crippen molar-refractivity contribution in [2.45, 2.75) is 6.92 Å². The van der Waals surface area contributed by atoms with Gasteiger partial charge in [0.15, 0.2) is 0 Å². The van der Waals surface area contributed by atoms with Crippen molar-refractivity contribution in [1.29, 1.82) is 0 Å². The van der Waals surface area contributed by atoms with Gasteiger partial charge in [-0.2, -0.15) is 0 Å². The van der Waals surface area contributed by atoms with Gasteiger partial charge in [-0.1, -0.05) is 12.8 Å². The monoisotopic (exact) mass is 133 g/mol. The maximum absolute atomic E-state index is 5.01. The van der Waals surface area contributed by atoms with Crippen LogP contribution in [0.3, 0.4) is 0 Å². The molecule has 8 heavy (non-hydrogen) atoms. The molecule has 48 valence electrons. The molecule has 0 saturated carbocycles. The molecule has 0 amide bonds. The van der Waals surface area contributed by atoms with E-state index in [0.717, 1.165) is 13.1 Å². The van der Waals surface area contributed by atoms with Crippen LogP contribution in [0.5, 0.6) is 0 Å². The van der Waals surface area contributed by atoms with Crippen LogP contribution in [-0.4, -0.2) is 25.0 Å². The van der Waals surface area contributed by atoms with Crippen LogP contribution in [0, 0.1) is 12.3 Å². The quantitative estimate of drug-likeness (QED) is 0.508. The number of hydrogen-bond acceptors (Lipinski definition) is 1. The van der Waals surface area contributed by atoms with Crippen LogP contribution in [-0.2, 0) is 0 Å². The summed E-state index contributed by atoms with van der Waals surface area (Å²) >= 11 is 0. The van der Waals surface area contributed by atoms with Crippen molar-refractivity contribution in [2.75, 3.05) is 20.1 Å². The molecule has 0 radical (unpaired) electrons. The highest BCUT2D eigenvalue weighted by Crippen LogP contribution is 1.74. The average molecular weight is 134 g/mol. The molecule has 0 aromatic carbocycles. The zero-order chi connectivity index (χ0) is 5.70. The summed E-state index contributed by atoms with van der Waals surface area (Å²) in [6.07, 6.45) is 5.01. The molecule has 2 heteroatoms. The first kappa shape index (κ1) is 10.7. The predicted molar refractivity (Wildman–Crippen MR) is 39.3 cm³/mol. The Morgan fingerprint density at radius 1 is 1.62 bits per heavy atom. The van der Waals surface area contributed by atoms with Gasteiger partial charge in [0.05, 0.1) is 6.54 Å². The Hall–Kier alpha value is -0.190. The molecule has 0 heterocycles. The fraction of sp³-hybridized carbons (Fsp3) is 0.667. The lowest BCUT2D eigenvalue weighted by Crippen LogP contribution is -2.16. The summed E-state index contributed by atoms with van der Waals surface area (Å²) in [6.45, 7) is 3.87. The number of hydrogen-bond donors (Lipinski definition) is 0. The lowest BCUT2D eigenvalue weighted by Gasteiger charge is -2.06. The molecule has 0 aromatic rings. The molecule has 0 aromatic heterocycles. The molecule has 0 saturated heterocycles. The van der Waals surface area contributed by atoms with Crippen molar-refractivity contribution in [3.05, 3.63) is 0 Å². The van der Waals surface area contributed by atoms with E-state index in [2.05, 4.69) is 17.7 Å². The molecule has 0 atom stereocenters. The molecule has 0 bridgehead atoms. The van der Waals surface area contributed by atoms with Gasteiger partial charge in [0.1, 0.15) is 0 Å². The van der Waals surface area contributed by atoms with Gasteiger partial charge < -0.3 is 0 Å². The third-order valence-corrected chi connectivity index (χ3v) is 0.901. The van der Waals surface area contributed by atoms with Gasteiger partial charge in [-0.3, -0.25) is 4.90 Å². The van der Waals surface area contributed by atoms with Gasteiger partial charge in [0.2, 0.25) is 0 Å². The van der Waals surface area contributed by atoms with Gasteiger partial charge in [0, 0.05) is 0 Å². The fourth-order valence-electron chi connectivity index (χ4n) is 0.268. The fourth-order valence-corrected chi connectivity index (χ4v) is 0.268. The van der Waals surface area contributed by atoms with E-state index in [1.807, 2.05) is 7.05 Å². The zero-order valence-electron chi connectivity index (χ0n) is 5.35. The van der Waals surface area contributed by atoms with Crippen LogP contribution >= 0.6 is 12.4 Å². The molecule has 0 aliphatic carbocycles. The summed E-state index contributed by atoms with van der Waals surface area (Å²) in [5.74, 6) is 2.54. The van der Waals surface area contributed by atoms with Gasteiger partial charge in [-0.25, -0.2) is 0 Å². The summed E-state index contributed by atoms with van der Waals surface area (Å²) in [6, 6.07) is 0. The van der Waals surface area contributed by atoms with Crippen molar-refractivity contribution >= 4 is 12.4 Å². The van der Waals surface area contributed by atoms with Crippen molar-refractivity contribution in [1.82, 2.24) is 4.90 Å². The van der Waals surface area contributed by atoms with Gasteiger partial charge in [-0.15, -0.1) is 18.8 Å². The molecule has 0 aliphatic heterocycles. The normalized spacial score (nSPS) is 7.75. The van der Waals surface area contributed by atoms with Crippen LogP contribution in [0.15, 0.2) is 0 Å². The minimum Gasteiger partial charge on any atom is -0.296 e. The molecule has 0 N–H and O–H groups in total. The second kappa shape index (κ2) is 6.81. The van der Waals surface area contributed by atoms with Crippen LogP contribution in [0.2, 0.25) is 0 Å². The van der Waals surface area contributed by atoms with Crippen molar-refractivity contribution in [3.8, 4) is 12.3 Å². The smallest absolute Gasteiger partial charge is 0.0596 e. The van der Waals surface area contributed by atoms with Gasteiger partial charge >= 0.3 is 0 Å². The lowest BCUT2D eigenvalue weighted by molar-refractivity contribution is 0.398. The van der Waals surface area contributed by atoms with Gasteiger partial charge in [-0.05, 0) is 13.6 Å². The first-order valence-electron chi connectivity index (χ1n) is 2.43. The maximum atomic E-state index is 5.01. The second-order valence-corrected chi connectivity index (χ2v) is 1.53. The van der Waals surface area contributed by atoms with E-state index in [0.29, 0.717) is 0 Å². The van der Waals surface area contributed by atoms with Crippen molar-refractivity contribution in [3.63, 3.8) is 0 Å². The van der Waals surface area contributed by atoms with Crippen LogP contribution < -0.4 is 0 Å². The molecular formula is C6H12ClN. The minimum absolute atomic E-state index is 0. The Balaban J connectivity index is 0. The maximum Gasteiger partial charge on any atom is 0.0596 e. The summed E-state index contributed by atoms with van der Waals surface area (Å²) in [4.78, 5) is 2.07. The van der Waals surface area contributed by atoms with Crippen molar-refractivity contribution in [2.24, 2.45) is 0 Å². The van der Waals surface area contributed by atoms with E-state index in [-0.39, 0.29) is 12.4 Å². The second-order valence-electron chi connectivity index (χ2n) is 1.53. The molecule has 0 fully saturated rings. The first-order valence-corrected chi connectivity index (χ1v) is 2.43. The summed E-state index contributed by atoms with van der Waals surface area (Å²) in [5.41, 5.74) is 0. The summed E-state index contributed by atoms with van der Waals surface area (Å²) in [5, 5.41) is 0. The third kappa shape index (κ3) is 5.81. The molecule has 0 aliphatic rings. The Kier molecular flexibility index (Phi) is 9.13. The van der Waals surface area contributed by atoms with E-state index in [4.69, 9.17) is 6.42 Å². The molecular weight excluding hydrogens is 122 g/mol. The topological polar surface area (TPSA) is 3.24 Å². The van der Waals surface area contributed by atoms with Crippen molar-refractivity contribution < 1.29 is 0 Å². The van der Waals surface area contributed by atoms with Crippen LogP contribution in [0.25, 0.3) is 0 Å². The third-order valence-electron chi connectivity index (χ3n) is 0.901. The molecule has 1 nitrogen and oxygen atoms in total. The Bertz CT molecular complexity index is 75.1. The summed E-state index contributed by atoms with van der Waals surface area (Å²) < 4.78 is 0. The van der Waals surface area contributed by atoms with E-state index < -0.39 is 0 Å². The zero-order valence-corrected chi connectivity index (χ0v) is 6.16. The predicted octanol–water partition coefficient (Wildman–Crippen LogP) is 0.993. The van der Waals surface area contributed by atoms with Crippen LogP contribution in [0.1, 0.15) is 6.92 Å². The average Bonchev–Trinajstić information content (AvgIpc) is 1.68. The standard InChI is InChI=1S/C6H11N.ClH/c1-4-6-7(3)5-2;/h1H,5-6H2,2-3H3;1H. The summed E-state index contributed by atoms with van der Waals surface area (Å²) in [7, 11) is 2.00.